The summed E-state index contributed by atoms with van der Waals surface area (Å²) >= 11 is 0. The molecule has 1 N–H and O–H groups in total. The van der Waals surface area contributed by atoms with Gasteiger partial charge in [0.25, 0.3) is 5.91 Å². The molecule has 24 heavy (non-hydrogen) atoms. The largest absolute Gasteiger partial charge is 0.317 e. The Kier molecular flexibility index (Phi) is 4.33. The summed E-state index contributed by atoms with van der Waals surface area (Å²) in [5.74, 6) is -1.74. The molecule has 0 fully saturated rings. The Labute approximate surface area is 137 Å². The summed E-state index contributed by atoms with van der Waals surface area (Å²) in [6.07, 6.45) is 3.48. The Hall–Kier alpha value is -3.09. The molecule has 2 aromatic heterocycles. The number of nitrogens with one attached hydrogen (secondary N) is 1. The lowest BCUT2D eigenvalue weighted by molar-refractivity contribution is 0.102. The van der Waals surface area contributed by atoms with Gasteiger partial charge in [0, 0.05) is 6.20 Å². The predicted octanol–water partition coefficient (Wildman–Crippen LogP) is 3.36. The van der Waals surface area contributed by atoms with Crippen LogP contribution in [0.4, 0.5) is 14.5 Å². The van der Waals surface area contributed by atoms with Crippen molar-refractivity contribution in [1.29, 1.82) is 0 Å². The van der Waals surface area contributed by atoms with Crippen LogP contribution in [0.3, 0.4) is 0 Å². The number of halogens is 2. The molecule has 0 atom stereocenters. The average Bonchev–Trinajstić information content (AvgIpc) is 3.03. The molecule has 1 aromatic carbocycles. The number of benzene rings is 1. The molecule has 5 nitrogen and oxygen atoms in total. The summed E-state index contributed by atoms with van der Waals surface area (Å²) in [5, 5.41) is 6.44. The fourth-order valence-corrected chi connectivity index (χ4v) is 2.38. The first kappa shape index (κ1) is 15.8. The quantitative estimate of drug-likeness (QED) is 0.799. The molecule has 7 heteroatoms. The van der Waals surface area contributed by atoms with Crippen molar-refractivity contribution < 1.29 is 13.6 Å². The maximum atomic E-state index is 13.7. The van der Waals surface area contributed by atoms with Crippen LogP contribution in [0.25, 0.3) is 5.82 Å². The standard InChI is InChI=1S/C17H14F2N4O/c1-2-14-11(10-21-23(14)15-8-3-4-9-20-15)17(24)22-16-12(18)6-5-7-13(16)19/h3-10H,2H2,1H3,(H,22,24). The maximum Gasteiger partial charge on any atom is 0.259 e. The molecule has 3 aromatic rings. The van der Waals surface area contributed by atoms with E-state index in [1.807, 2.05) is 6.92 Å². The molecule has 0 bridgehead atoms. The van der Waals surface area contributed by atoms with Gasteiger partial charge < -0.3 is 5.32 Å². The summed E-state index contributed by atoms with van der Waals surface area (Å²) < 4.78 is 28.9. The smallest absolute Gasteiger partial charge is 0.259 e. The summed E-state index contributed by atoms with van der Waals surface area (Å²) in [4.78, 5) is 16.6. The zero-order chi connectivity index (χ0) is 17.1. The molecule has 0 radical (unpaired) electrons. The molecule has 0 saturated heterocycles. The van der Waals surface area contributed by atoms with Crippen molar-refractivity contribution in [1.82, 2.24) is 14.8 Å². The van der Waals surface area contributed by atoms with E-state index in [1.54, 1.807) is 24.4 Å². The van der Waals surface area contributed by atoms with Crippen molar-refractivity contribution in [2.75, 3.05) is 5.32 Å². The highest BCUT2D eigenvalue weighted by atomic mass is 19.1. The van der Waals surface area contributed by atoms with Gasteiger partial charge in [-0.3, -0.25) is 4.79 Å². The fourth-order valence-electron chi connectivity index (χ4n) is 2.38. The van der Waals surface area contributed by atoms with E-state index in [0.29, 0.717) is 17.9 Å². The SMILES string of the molecule is CCc1c(C(=O)Nc2c(F)cccc2F)cnn1-c1ccccn1. The van der Waals surface area contributed by atoms with Gasteiger partial charge in [-0.25, -0.2) is 18.4 Å². The minimum atomic E-state index is -0.835. The predicted molar refractivity (Wildman–Crippen MR) is 85.0 cm³/mol. The molecule has 0 unspecified atom stereocenters. The Balaban J connectivity index is 1.95. The third-order valence-corrected chi connectivity index (χ3v) is 3.52. The van der Waals surface area contributed by atoms with E-state index in [0.717, 1.165) is 12.1 Å². The molecule has 122 valence electrons. The third-order valence-electron chi connectivity index (χ3n) is 3.52. The van der Waals surface area contributed by atoms with E-state index in [9.17, 15) is 13.6 Å². The van der Waals surface area contributed by atoms with Gasteiger partial charge in [-0.1, -0.05) is 19.1 Å². The van der Waals surface area contributed by atoms with E-state index >= 15 is 0 Å². The van der Waals surface area contributed by atoms with Gasteiger partial charge in [0.15, 0.2) is 5.82 Å². The number of carbonyl (C=O) groups excluding carboxylic acids is 1. The first-order valence-electron chi connectivity index (χ1n) is 7.35. The van der Waals surface area contributed by atoms with Gasteiger partial charge in [0.2, 0.25) is 0 Å². The van der Waals surface area contributed by atoms with Crippen LogP contribution in [-0.2, 0) is 6.42 Å². The number of rotatable bonds is 4. The van der Waals surface area contributed by atoms with Crippen LogP contribution in [-0.4, -0.2) is 20.7 Å². The number of carbonyl (C=O) groups is 1. The molecular formula is C17H14F2N4O. The molecule has 0 aliphatic rings. The summed E-state index contributed by atoms with van der Waals surface area (Å²) in [7, 11) is 0. The van der Waals surface area contributed by atoms with Gasteiger partial charge >= 0.3 is 0 Å². The second-order valence-corrected chi connectivity index (χ2v) is 5.01. The highest BCUT2D eigenvalue weighted by Crippen LogP contribution is 2.21. The fraction of sp³-hybridized carbons (Fsp3) is 0.118. The zero-order valence-electron chi connectivity index (χ0n) is 12.8. The van der Waals surface area contributed by atoms with Crippen LogP contribution in [0.15, 0.2) is 48.8 Å². The minimum Gasteiger partial charge on any atom is -0.317 e. The van der Waals surface area contributed by atoms with Crippen molar-refractivity contribution in [3.05, 3.63) is 71.7 Å². The van der Waals surface area contributed by atoms with Crippen molar-refractivity contribution in [3.63, 3.8) is 0 Å². The summed E-state index contributed by atoms with van der Waals surface area (Å²) in [5.41, 5.74) is 0.365. The normalized spacial score (nSPS) is 10.6. The van der Waals surface area contributed by atoms with E-state index in [2.05, 4.69) is 15.4 Å². The number of amides is 1. The number of anilines is 1. The average molecular weight is 328 g/mol. The number of aromatic nitrogens is 3. The molecule has 0 spiro atoms. The Morgan fingerprint density at radius 3 is 2.54 bits per heavy atom. The van der Waals surface area contributed by atoms with Crippen molar-refractivity contribution >= 4 is 11.6 Å². The summed E-state index contributed by atoms with van der Waals surface area (Å²) in [6, 6.07) is 8.72. The van der Waals surface area contributed by atoms with Gasteiger partial charge in [-0.15, -0.1) is 0 Å². The third kappa shape index (κ3) is 2.88. The molecule has 0 aliphatic carbocycles. The Bertz CT molecular complexity index is 857. The number of para-hydroxylation sites is 1. The molecule has 3 rings (SSSR count). The summed E-state index contributed by atoms with van der Waals surface area (Å²) in [6.45, 7) is 1.86. The number of hydrogen-bond donors (Lipinski definition) is 1. The monoisotopic (exact) mass is 328 g/mol. The van der Waals surface area contributed by atoms with E-state index in [4.69, 9.17) is 0 Å². The van der Waals surface area contributed by atoms with Crippen LogP contribution >= 0.6 is 0 Å². The van der Waals surface area contributed by atoms with Crippen molar-refractivity contribution in [2.24, 2.45) is 0 Å². The lowest BCUT2D eigenvalue weighted by Gasteiger charge is -2.09. The van der Waals surface area contributed by atoms with Gasteiger partial charge in [0.05, 0.1) is 17.5 Å². The highest BCUT2D eigenvalue weighted by Gasteiger charge is 2.20. The lowest BCUT2D eigenvalue weighted by atomic mass is 10.2. The number of hydrogen-bond acceptors (Lipinski definition) is 3. The number of nitrogens with zero attached hydrogens (tertiary/aromatic N) is 3. The van der Waals surface area contributed by atoms with Gasteiger partial charge in [-0.2, -0.15) is 5.10 Å². The second-order valence-electron chi connectivity index (χ2n) is 5.01. The zero-order valence-corrected chi connectivity index (χ0v) is 12.8. The van der Waals surface area contributed by atoms with Crippen LogP contribution < -0.4 is 5.32 Å². The molecule has 0 aliphatic heterocycles. The minimum absolute atomic E-state index is 0.241. The van der Waals surface area contributed by atoms with E-state index in [-0.39, 0.29) is 5.56 Å². The lowest BCUT2D eigenvalue weighted by Crippen LogP contribution is -2.16. The van der Waals surface area contributed by atoms with Crippen LogP contribution in [0.2, 0.25) is 0 Å². The van der Waals surface area contributed by atoms with E-state index in [1.165, 1.54) is 16.9 Å². The molecular weight excluding hydrogens is 314 g/mol. The molecule has 1 amide bonds. The Morgan fingerprint density at radius 2 is 1.92 bits per heavy atom. The first-order chi connectivity index (χ1) is 11.6. The van der Waals surface area contributed by atoms with Crippen molar-refractivity contribution in [2.45, 2.75) is 13.3 Å². The van der Waals surface area contributed by atoms with Crippen molar-refractivity contribution in [3.8, 4) is 5.82 Å². The van der Waals surface area contributed by atoms with Gasteiger partial charge in [0.1, 0.15) is 17.3 Å². The first-order valence-corrected chi connectivity index (χ1v) is 7.35. The van der Waals surface area contributed by atoms with Crippen LogP contribution in [0.5, 0.6) is 0 Å². The topological polar surface area (TPSA) is 59.8 Å². The maximum absolute atomic E-state index is 13.7. The molecule has 0 saturated carbocycles. The Morgan fingerprint density at radius 1 is 1.17 bits per heavy atom. The van der Waals surface area contributed by atoms with Crippen LogP contribution in [0, 0.1) is 11.6 Å². The van der Waals surface area contributed by atoms with E-state index < -0.39 is 23.2 Å². The molecule has 2 heterocycles. The van der Waals surface area contributed by atoms with Gasteiger partial charge in [-0.05, 0) is 30.7 Å². The highest BCUT2D eigenvalue weighted by molar-refractivity contribution is 6.05. The second kappa shape index (κ2) is 6.57. The number of pyridine rings is 1. The van der Waals surface area contributed by atoms with Crippen LogP contribution in [0.1, 0.15) is 23.0 Å².